The molecule has 0 aromatic carbocycles. The minimum absolute atomic E-state index is 0.0783. The predicted molar refractivity (Wildman–Crippen MR) is 89.4 cm³/mol. The molecule has 1 fully saturated rings. The molecule has 1 aromatic rings. The molecule has 0 bridgehead atoms. The van der Waals surface area contributed by atoms with E-state index in [2.05, 4.69) is 15.6 Å². The van der Waals surface area contributed by atoms with E-state index in [1.54, 1.807) is 18.5 Å². The van der Waals surface area contributed by atoms with Gasteiger partial charge < -0.3 is 10.6 Å². The van der Waals surface area contributed by atoms with Crippen LogP contribution in [-0.2, 0) is 16.1 Å². The highest BCUT2D eigenvalue weighted by Gasteiger charge is 2.10. The van der Waals surface area contributed by atoms with E-state index in [0.717, 1.165) is 5.56 Å². The van der Waals surface area contributed by atoms with Crippen molar-refractivity contribution in [3.63, 3.8) is 0 Å². The molecule has 0 radical (unpaired) electrons. The number of nitrogens with one attached hydrogen (secondary N) is 2. The Morgan fingerprint density at radius 1 is 1.22 bits per heavy atom. The van der Waals surface area contributed by atoms with Crippen molar-refractivity contribution in [3.8, 4) is 0 Å². The zero-order valence-corrected chi connectivity index (χ0v) is 13.5. The summed E-state index contributed by atoms with van der Waals surface area (Å²) in [4.78, 5) is 27.4. The number of nitrogens with zero attached hydrogens (tertiary/aromatic N) is 1. The summed E-state index contributed by atoms with van der Waals surface area (Å²) in [6.07, 6.45) is 13.5. The Labute approximate surface area is 137 Å². The van der Waals surface area contributed by atoms with Gasteiger partial charge in [-0.05, 0) is 36.5 Å². The maximum Gasteiger partial charge on any atom is 0.243 e. The molecule has 0 atom stereocenters. The average Bonchev–Trinajstić information content (AvgIpc) is 2.60. The highest BCUT2D eigenvalue weighted by molar-refractivity contribution is 5.87. The Kier molecular flexibility index (Phi) is 7.30. The fraction of sp³-hybridized carbons (Fsp3) is 0.500. The topological polar surface area (TPSA) is 71.1 Å². The van der Waals surface area contributed by atoms with Crippen molar-refractivity contribution < 1.29 is 9.59 Å². The van der Waals surface area contributed by atoms with Gasteiger partial charge in [0.25, 0.3) is 0 Å². The Hall–Kier alpha value is -2.17. The third kappa shape index (κ3) is 7.08. The lowest BCUT2D eigenvalue weighted by molar-refractivity contribution is -0.121. The molecule has 1 aliphatic rings. The lowest BCUT2D eigenvalue weighted by Gasteiger charge is -2.17. The van der Waals surface area contributed by atoms with Crippen molar-refractivity contribution in [2.75, 3.05) is 6.54 Å². The Morgan fingerprint density at radius 3 is 2.78 bits per heavy atom. The Bertz CT molecular complexity index is 522. The van der Waals surface area contributed by atoms with E-state index < -0.39 is 0 Å². The summed E-state index contributed by atoms with van der Waals surface area (Å²) >= 11 is 0. The fourth-order valence-electron chi connectivity index (χ4n) is 2.70. The summed E-state index contributed by atoms with van der Waals surface area (Å²) in [5.41, 5.74) is 0.959. The quantitative estimate of drug-likeness (QED) is 0.759. The number of aromatic nitrogens is 1. The second-order valence-corrected chi connectivity index (χ2v) is 5.94. The van der Waals surface area contributed by atoms with Crippen molar-refractivity contribution in [3.05, 3.63) is 42.2 Å². The highest BCUT2D eigenvalue weighted by atomic mass is 16.2. The van der Waals surface area contributed by atoms with Gasteiger partial charge >= 0.3 is 0 Å². The van der Waals surface area contributed by atoms with Crippen molar-refractivity contribution in [2.24, 2.45) is 5.92 Å². The first-order valence-corrected chi connectivity index (χ1v) is 8.35. The maximum atomic E-state index is 11.7. The van der Waals surface area contributed by atoms with E-state index in [9.17, 15) is 9.59 Å². The monoisotopic (exact) mass is 315 g/mol. The Balaban J connectivity index is 1.57. The van der Waals surface area contributed by atoms with Crippen LogP contribution in [0.3, 0.4) is 0 Å². The summed E-state index contributed by atoms with van der Waals surface area (Å²) in [6, 6.07) is 3.74. The smallest absolute Gasteiger partial charge is 0.243 e. The molecule has 0 unspecified atom stereocenters. The highest BCUT2D eigenvalue weighted by Crippen LogP contribution is 2.24. The van der Waals surface area contributed by atoms with E-state index in [0.29, 0.717) is 19.0 Å². The number of hydrogen-bond acceptors (Lipinski definition) is 3. The third-order valence-electron chi connectivity index (χ3n) is 4.03. The molecule has 5 nitrogen and oxygen atoms in total. The number of rotatable bonds is 7. The average molecular weight is 315 g/mol. The minimum atomic E-state index is -0.115. The van der Waals surface area contributed by atoms with Crippen LogP contribution in [0.4, 0.5) is 0 Å². The van der Waals surface area contributed by atoms with Gasteiger partial charge in [0.1, 0.15) is 0 Å². The van der Waals surface area contributed by atoms with E-state index >= 15 is 0 Å². The van der Waals surface area contributed by atoms with Gasteiger partial charge in [-0.25, -0.2) is 0 Å². The predicted octanol–water partition coefficient (Wildman–Crippen LogP) is 2.34. The molecule has 0 saturated heterocycles. The van der Waals surface area contributed by atoms with Crippen LogP contribution in [0.5, 0.6) is 0 Å². The van der Waals surface area contributed by atoms with Gasteiger partial charge in [0.2, 0.25) is 11.8 Å². The van der Waals surface area contributed by atoms with Gasteiger partial charge in [0, 0.05) is 31.9 Å². The summed E-state index contributed by atoms with van der Waals surface area (Å²) in [7, 11) is 0. The molecule has 23 heavy (non-hydrogen) atoms. The van der Waals surface area contributed by atoms with Crippen molar-refractivity contribution in [1.29, 1.82) is 0 Å². The number of carbonyl (C=O) groups excluding carboxylic acids is 2. The van der Waals surface area contributed by atoms with Crippen LogP contribution >= 0.6 is 0 Å². The molecule has 0 aliphatic heterocycles. The van der Waals surface area contributed by atoms with Crippen LogP contribution in [0.15, 0.2) is 36.7 Å². The van der Waals surface area contributed by atoms with Crippen LogP contribution in [0.1, 0.15) is 44.1 Å². The summed E-state index contributed by atoms with van der Waals surface area (Å²) < 4.78 is 0. The molecule has 1 aliphatic carbocycles. The van der Waals surface area contributed by atoms with Crippen LogP contribution in [0.2, 0.25) is 0 Å². The number of allylic oxidation sites excluding steroid dienone is 1. The number of hydrogen-bond donors (Lipinski definition) is 2. The first kappa shape index (κ1) is 17.2. The van der Waals surface area contributed by atoms with E-state index in [-0.39, 0.29) is 18.2 Å². The van der Waals surface area contributed by atoms with Gasteiger partial charge in [0.15, 0.2) is 0 Å². The summed E-state index contributed by atoms with van der Waals surface area (Å²) in [6.45, 7) is 0.814. The normalized spacial score (nSPS) is 15.5. The first-order valence-electron chi connectivity index (χ1n) is 8.35. The molecule has 2 N–H and O–H groups in total. The molecular weight excluding hydrogens is 290 g/mol. The van der Waals surface area contributed by atoms with Gasteiger partial charge in [-0.3, -0.25) is 14.6 Å². The summed E-state index contributed by atoms with van der Waals surface area (Å²) in [5, 5.41) is 5.56. The Morgan fingerprint density at radius 2 is 2.04 bits per heavy atom. The van der Waals surface area contributed by atoms with E-state index in [1.165, 1.54) is 32.1 Å². The van der Waals surface area contributed by atoms with E-state index in [4.69, 9.17) is 0 Å². The van der Waals surface area contributed by atoms with E-state index in [1.807, 2.05) is 18.2 Å². The van der Waals surface area contributed by atoms with Crippen LogP contribution in [0.25, 0.3) is 0 Å². The molecule has 1 aromatic heterocycles. The standard InChI is InChI=1S/C18H25N3O2/c22-17(9-8-15-5-2-1-3-6-15)20-12-10-18(23)21-14-16-7-4-11-19-13-16/h4,7-9,11,13,15H,1-3,5-6,10,12,14H2,(H,20,22)(H,21,23)/b9-8+. The van der Waals surface area contributed by atoms with Gasteiger partial charge in [-0.1, -0.05) is 31.4 Å². The second kappa shape index (κ2) is 9.77. The zero-order chi connectivity index (χ0) is 16.3. The van der Waals surface area contributed by atoms with Gasteiger partial charge in [-0.2, -0.15) is 0 Å². The minimum Gasteiger partial charge on any atom is -0.352 e. The number of pyridine rings is 1. The fourth-order valence-corrected chi connectivity index (χ4v) is 2.70. The SMILES string of the molecule is O=C(/C=C/C1CCCCC1)NCCC(=O)NCc1cccnc1. The lowest BCUT2D eigenvalue weighted by Crippen LogP contribution is -2.29. The molecule has 2 rings (SSSR count). The zero-order valence-electron chi connectivity index (χ0n) is 13.5. The lowest BCUT2D eigenvalue weighted by atomic mass is 9.89. The maximum absolute atomic E-state index is 11.7. The molecule has 0 spiro atoms. The largest absolute Gasteiger partial charge is 0.352 e. The molecule has 2 amide bonds. The van der Waals surface area contributed by atoms with Crippen molar-refractivity contribution in [1.82, 2.24) is 15.6 Å². The summed E-state index contributed by atoms with van der Waals surface area (Å²) in [5.74, 6) is 0.346. The molecule has 124 valence electrons. The number of amides is 2. The van der Waals surface area contributed by atoms with Gasteiger partial charge in [0.05, 0.1) is 0 Å². The first-order chi connectivity index (χ1) is 11.2. The molecule has 1 saturated carbocycles. The third-order valence-corrected chi connectivity index (χ3v) is 4.03. The van der Waals surface area contributed by atoms with Crippen LogP contribution in [-0.4, -0.2) is 23.3 Å². The van der Waals surface area contributed by atoms with Crippen molar-refractivity contribution in [2.45, 2.75) is 45.1 Å². The molecular formula is C18H25N3O2. The van der Waals surface area contributed by atoms with Gasteiger partial charge in [-0.15, -0.1) is 0 Å². The molecule has 1 heterocycles. The van der Waals surface area contributed by atoms with Crippen LogP contribution in [0, 0.1) is 5.92 Å². The number of carbonyl (C=O) groups is 2. The van der Waals surface area contributed by atoms with Crippen LogP contribution < -0.4 is 10.6 Å². The molecule has 5 heteroatoms. The van der Waals surface area contributed by atoms with Crippen molar-refractivity contribution >= 4 is 11.8 Å². The second-order valence-electron chi connectivity index (χ2n) is 5.94.